The summed E-state index contributed by atoms with van der Waals surface area (Å²) in [5.74, 6) is 0.931. The number of benzene rings is 2. The molecule has 0 spiro atoms. The van der Waals surface area contributed by atoms with Gasteiger partial charge in [-0.25, -0.2) is 8.42 Å². The zero-order valence-corrected chi connectivity index (χ0v) is 20.3. The summed E-state index contributed by atoms with van der Waals surface area (Å²) < 4.78 is 38.9. The van der Waals surface area contributed by atoms with E-state index in [9.17, 15) is 13.0 Å². The number of pyridine rings is 1. The molecule has 2 aromatic carbocycles. The monoisotopic (exact) mass is 474 g/mol. The number of ether oxygens (including phenoxy) is 1. The quantitative estimate of drug-likeness (QED) is 0.321. The minimum atomic E-state index is -4.41. The lowest BCUT2D eigenvalue weighted by Gasteiger charge is -2.13. The van der Waals surface area contributed by atoms with Gasteiger partial charge in [-0.2, -0.15) is 4.57 Å². The Morgan fingerprint density at radius 2 is 1.88 bits per heavy atom. The third-order valence-corrected chi connectivity index (χ3v) is 6.55. The minimum Gasteiger partial charge on any atom is -0.726 e. The van der Waals surface area contributed by atoms with Crippen molar-refractivity contribution in [3.8, 4) is 5.75 Å². The topological polar surface area (TPSA) is 82.8 Å². The largest absolute Gasteiger partial charge is 0.726 e. The lowest BCUT2D eigenvalue weighted by molar-refractivity contribution is -0.646. The van der Waals surface area contributed by atoms with Crippen LogP contribution in [0.2, 0.25) is 0 Å². The van der Waals surface area contributed by atoms with E-state index in [1.54, 1.807) is 11.8 Å². The van der Waals surface area contributed by atoms with Crippen molar-refractivity contribution in [1.82, 2.24) is 0 Å². The molecule has 7 nitrogen and oxygen atoms in total. The predicted molar refractivity (Wildman–Crippen MR) is 126 cm³/mol. The summed E-state index contributed by atoms with van der Waals surface area (Å²) >= 11 is 1.79. The highest BCUT2D eigenvalue weighted by molar-refractivity contribution is 8.03. The van der Waals surface area contributed by atoms with Crippen LogP contribution in [0.3, 0.4) is 0 Å². The number of aryl methyl sites for hydroxylation is 2. The summed E-state index contributed by atoms with van der Waals surface area (Å²) in [6, 6.07) is 17.3. The SMILES string of the molecule is CCOc1ccc2c(c1)S/C(=C\c1ccc3cc(C)ccc3[n+]1C)N2C.COS(=O)(=O)[O-]. The fourth-order valence-electron chi connectivity index (χ4n) is 3.35. The maximum atomic E-state index is 9.22. The Morgan fingerprint density at radius 3 is 2.53 bits per heavy atom. The van der Waals surface area contributed by atoms with Gasteiger partial charge in [0.1, 0.15) is 12.8 Å². The van der Waals surface area contributed by atoms with Crippen molar-refractivity contribution in [2.45, 2.75) is 18.7 Å². The van der Waals surface area contributed by atoms with Crippen LogP contribution in [0, 0.1) is 6.92 Å². The molecule has 0 aliphatic carbocycles. The molecule has 0 saturated carbocycles. The second kappa shape index (κ2) is 9.91. The summed E-state index contributed by atoms with van der Waals surface area (Å²) in [5, 5.41) is 2.49. The fraction of sp³-hybridized carbons (Fsp3) is 0.261. The van der Waals surface area contributed by atoms with E-state index in [1.165, 1.54) is 37.8 Å². The lowest BCUT2D eigenvalue weighted by atomic mass is 10.1. The predicted octanol–water partition coefficient (Wildman–Crippen LogP) is 4.00. The molecule has 0 amide bonds. The molecule has 0 saturated heterocycles. The third kappa shape index (κ3) is 5.60. The highest BCUT2D eigenvalue weighted by Gasteiger charge is 2.24. The van der Waals surface area contributed by atoms with Gasteiger partial charge < -0.3 is 14.2 Å². The number of aromatic nitrogens is 1. The zero-order valence-electron chi connectivity index (χ0n) is 18.7. The van der Waals surface area contributed by atoms with Crippen molar-refractivity contribution in [2.24, 2.45) is 7.05 Å². The number of rotatable bonds is 4. The number of nitrogens with zero attached hydrogens (tertiary/aromatic N) is 2. The molecule has 0 radical (unpaired) electrons. The van der Waals surface area contributed by atoms with Crippen molar-refractivity contribution >= 4 is 44.8 Å². The average Bonchev–Trinajstić information content (AvgIpc) is 3.05. The molecule has 0 unspecified atom stereocenters. The molecule has 2 heterocycles. The van der Waals surface area contributed by atoms with Gasteiger partial charge >= 0.3 is 0 Å². The third-order valence-electron chi connectivity index (χ3n) is 4.99. The molecule has 170 valence electrons. The van der Waals surface area contributed by atoms with Gasteiger partial charge in [-0.1, -0.05) is 23.4 Å². The molecule has 0 atom stereocenters. The first-order valence-corrected chi connectivity index (χ1v) is 12.1. The van der Waals surface area contributed by atoms with Crippen LogP contribution >= 0.6 is 11.8 Å². The van der Waals surface area contributed by atoms with Crippen LogP contribution in [0.25, 0.3) is 17.0 Å². The van der Waals surface area contributed by atoms with Gasteiger partial charge in [0.25, 0.3) is 0 Å². The van der Waals surface area contributed by atoms with Crippen LogP contribution in [-0.4, -0.2) is 33.7 Å². The maximum absolute atomic E-state index is 9.22. The van der Waals surface area contributed by atoms with Gasteiger partial charge in [-0.3, -0.25) is 4.18 Å². The Balaban J connectivity index is 0.000000427. The first kappa shape index (κ1) is 24.1. The van der Waals surface area contributed by atoms with Crippen molar-refractivity contribution in [3.63, 3.8) is 0 Å². The van der Waals surface area contributed by atoms with Crippen LogP contribution in [0.4, 0.5) is 5.69 Å². The van der Waals surface area contributed by atoms with E-state index in [1.807, 2.05) is 13.0 Å². The molecule has 9 heteroatoms. The van der Waals surface area contributed by atoms with E-state index < -0.39 is 10.4 Å². The van der Waals surface area contributed by atoms with Crippen molar-refractivity contribution < 1.29 is 26.5 Å². The van der Waals surface area contributed by atoms with E-state index >= 15 is 0 Å². The first-order valence-electron chi connectivity index (χ1n) is 9.94. The molecule has 32 heavy (non-hydrogen) atoms. The maximum Gasteiger partial charge on any atom is 0.217 e. The second-order valence-electron chi connectivity index (χ2n) is 7.16. The van der Waals surface area contributed by atoms with E-state index in [2.05, 4.69) is 83.2 Å². The molecule has 0 bridgehead atoms. The summed E-state index contributed by atoms with van der Waals surface area (Å²) in [4.78, 5) is 3.48. The van der Waals surface area contributed by atoms with Crippen LogP contribution in [0.5, 0.6) is 5.75 Å². The molecular formula is C23H26N2O5S2. The lowest BCUT2D eigenvalue weighted by Crippen LogP contribution is -2.33. The summed E-state index contributed by atoms with van der Waals surface area (Å²) in [6.07, 6.45) is 2.25. The van der Waals surface area contributed by atoms with E-state index in [0.29, 0.717) is 6.61 Å². The van der Waals surface area contributed by atoms with Gasteiger partial charge in [0.05, 0.1) is 24.4 Å². The number of anilines is 1. The van der Waals surface area contributed by atoms with E-state index in [-0.39, 0.29) is 0 Å². The Hall–Kier alpha value is -2.59. The van der Waals surface area contributed by atoms with Gasteiger partial charge in [0.15, 0.2) is 0 Å². The summed E-state index contributed by atoms with van der Waals surface area (Å²) in [6.45, 7) is 4.83. The minimum absolute atomic E-state index is 0.689. The fourth-order valence-corrected chi connectivity index (χ4v) is 4.47. The number of hydrogen-bond acceptors (Lipinski definition) is 7. The Labute approximate surface area is 193 Å². The standard InChI is InChI=1S/C22H23N2OS.CH4O4S/c1-5-25-18-9-11-20-21(14-18)26-22(24(20)4)13-17-8-7-16-12-15(2)6-10-19(16)23(17)3;1-5-6(2,3)4/h6-14H,5H2,1-4H3;1H3,(H,2,3,4)/q+1;/p-1. The van der Waals surface area contributed by atoms with Crippen LogP contribution < -0.4 is 14.2 Å². The molecule has 0 N–H and O–H groups in total. The Bertz CT molecular complexity index is 1270. The van der Waals surface area contributed by atoms with Crippen LogP contribution in [0.15, 0.2) is 58.5 Å². The normalized spacial score (nSPS) is 14.3. The Kier molecular flexibility index (Phi) is 7.45. The molecule has 0 fully saturated rings. The van der Waals surface area contributed by atoms with Crippen molar-refractivity contribution in [1.29, 1.82) is 0 Å². The molecule has 1 aromatic heterocycles. The molecular weight excluding hydrogens is 448 g/mol. The smallest absolute Gasteiger partial charge is 0.217 e. The summed E-state index contributed by atoms with van der Waals surface area (Å²) in [7, 11) is 0.645. The van der Waals surface area contributed by atoms with Crippen molar-refractivity contribution in [2.75, 3.05) is 25.7 Å². The van der Waals surface area contributed by atoms with Gasteiger partial charge in [0.2, 0.25) is 21.6 Å². The highest BCUT2D eigenvalue weighted by atomic mass is 32.3. The molecule has 3 aromatic rings. The Morgan fingerprint density at radius 1 is 1.16 bits per heavy atom. The van der Waals surface area contributed by atoms with E-state index in [0.717, 1.165) is 12.9 Å². The molecule has 4 rings (SSSR count). The highest BCUT2D eigenvalue weighted by Crippen LogP contribution is 2.46. The average molecular weight is 475 g/mol. The first-order chi connectivity index (χ1) is 15.1. The number of thioether (sulfide) groups is 1. The van der Waals surface area contributed by atoms with Crippen LogP contribution in [-0.2, 0) is 21.6 Å². The van der Waals surface area contributed by atoms with E-state index in [4.69, 9.17) is 4.74 Å². The molecule has 1 aliphatic rings. The number of fused-ring (bicyclic) bond motifs is 2. The van der Waals surface area contributed by atoms with Gasteiger partial charge in [-0.05, 0) is 44.2 Å². The van der Waals surface area contributed by atoms with Crippen LogP contribution in [0.1, 0.15) is 18.2 Å². The zero-order chi connectivity index (χ0) is 23.5. The second-order valence-corrected chi connectivity index (χ2v) is 9.37. The van der Waals surface area contributed by atoms with Gasteiger partial charge in [0, 0.05) is 35.5 Å². The summed E-state index contributed by atoms with van der Waals surface area (Å²) in [5.41, 5.74) is 4.94. The molecule has 1 aliphatic heterocycles. The van der Waals surface area contributed by atoms with Gasteiger partial charge in [-0.15, -0.1) is 0 Å². The number of hydrogen-bond donors (Lipinski definition) is 0. The van der Waals surface area contributed by atoms with Crippen molar-refractivity contribution in [3.05, 3.63) is 64.8 Å².